The van der Waals surface area contributed by atoms with Crippen molar-refractivity contribution < 1.29 is 23.2 Å². The summed E-state index contributed by atoms with van der Waals surface area (Å²) in [5, 5.41) is 21.0. The third-order valence-electron chi connectivity index (χ3n) is 3.90. The zero-order chi connectivity index (χ0) is 18.4. The first kappa shape index (κ1) is 16.9. The van der Waals surface area contributed by atoms with Gasteiger partial charge in [-0.25, -0.2) is 0 Å². The molecule has 132 valence electrons. The second kappa shape index (κ2) is 5.87. The summed E-state index contributed by atoms with van der Waals surface area (Å²) in [6.07, 6.45) is -4.37. The molecule has 0 aliphatic carbocycles. The molecule has 0 bridgehead atoms. The molecule has 0 amide bonds. The number of aryl methyl sites for hydroxylation is 1. The summed E-state index contributed by atoms with van der Waals surface area (Å²) in [7, 11) is 0. The number of nitrogens with zero attached hydrogens (tertiary/aromatic N) is 4. The lowest BCUT2D eigenvalue weighted by atomic mass is 9.92. The second-order valence-electron chi connectivity index (χ2n) is 5.51. The molecular weight excluding hydrogens is 341 g/mol. The molecule has 0 saturated heterocycles. The lowest BCUT2D eigenvalue weighted by Gasteiger charge is -2.17. The summed E-state index contributed by atoms with van der Waals surface area (Å²) in [6.45, 7) is 2.99. The highest BCUT2D eigenvalue weighted by Crippen LogP contribution is 2.37. The molecule has 10 heteroatoms. The van der Waals surface area contributed by atoms with Gasteiger partial charge in [-0.15, -0.1) is 14.9 Å². The van der Waals surface area contributed by atoms with Crippen molar-refractivity contribution in [1.29, 1.82) is 0 Å². The number of oxime groups is 1. The molecule has 1 aliphatic rings. The normalized spacial score (nSPS) is 14.4. The Labute approximate surface area is 139 Å². The maximum absolute atomic E-state index is 13.4. The van der Waals surface area contributed by atoms with Gasteiger partial charge < -0.3 is 10.0 Å². The number of aromatic nitrogens is 3. The number of hydrogen-bond donors (Lipinski definition) is 1. The number of halogens is 3. The SMILES string of the molecule is Cc1c(-c2nnc(C)c(=O)n2O)ccc(C(F)(F)F)c1C1=NOCC1. The molecule has 2 heterocycles. The summed E-state index contributed by atoms with van der Waals surface area (Å²) in [4.78, 5) is 16.7. The molecule has 2 aromatic rings. The Morgan fingerprint density at radius 2 is 1.96 bits per heavy atom. The van der Waals surface area contributed by atoms with E-state index in [1.807, 2.05) is 0 Å². The number of hydrogen-bond acceptors (Lipinski definition) is 6. The Hall–Kier alpha value is -2.91. The van der Waals surface area contributed by atoms with Crippen molar-refractivity contribution in [3.8, 4) is 11.4 Å². The lowest BCUT2D eigenvalue weighted by molar-refractivity contribution is -0.137. The van der Waals surface area contributed by atoms with Crippen molar-refractivity contribution >= 4 is 5.71 Å². The van der Waals surface area contributed by atoms with Crippen molar-refractivity contribution in [2.75, 3.05) is 6.61 Å². The largest absolute Gasteiger partial charge is 0.423 e. The van der Waals surface area contributed by atoms with Crippen LogP contribution in [0.3, 0.4) is 0 Å². The first-order chi connectivity index (χ1) is 11.7. The van der Waals surface area contributed by atoms with Crippen LogP contribution in [0, 0.1) is 13.8 Å². The van der Waals surface area contributed by atoms with Crippen molar-refractivity contribution in [2.45, 2.75) is 26.4 Å². The molecule has 7 nitrogen and oxygen atoms in total. The van der Waals surface area contributed by atoms with Gasteiger partial charge >= 0.3 is 11.7 Å². The third kappa shape index (κ3) is 2.83. The Balaban J connectivity index is 2.29. The Kier molecular flexibility index (Phi) is 3.97. The average Bonchev–Trinajstić information content (AvgIpc) is 3.06. The van der Waals surface area contributed by atoms with Crippen molar-refractivity contribution in [3.63, 3.8) is 0 Å². The fourth-order valence-corrected chi connectivity index (χ4v) is 2.67. The van der Waals surface area contributed by atoms with Gasteiger partial charge in [0.2, 0.25) is 5.82 Å². The molecule has 0 fully saturated rings. The van der Waals surface area contributed by atoms with Crippen molar-refractivity contribution in [3.05, 3.63) is 44.9 Å². The molecular formula is C15H13F3N4O3. The lowest BCUT2D eigenvalue weighted by Crippen LogP contribution is -2.25. The second-order valence-corrected chi connectivity index (χ2v) is 5.51. The van der Waals surface area contributed by atoms with Crippen LogP contribution in [0.15, 0.2) is 22.1 Å². The van der Waals surface area contributed by atoms with Gasteiger partial charge in [0.05, 0.1) is 11.3 Å². The molecule has 0 saturated carbocycles. The van der Waals surface area contributed by atoms with Crippen molar-refractivity contribution in [1.82, 2.24) is 14.9 Å². The molecule has 1 aromatic carbocycles. The van der Waals surface area contributed by atoms with Gasteiger partial charge in [-0.3, -0.25) is 4.79 Å². The van der Waals surface area contributed by atoms with E-state index in [0.29, 0.717) is 0 Å². The van der Waals surface area contributed by atoms with Crippen LogP contribution in [0.25, 0.3) is 11.4 Å². The van der Waals surface area contributed by atoms with Crippen LogP contribution in [0.5, 0.6) is 0 Å². The van der Waals surface area contributed by atoms with Crippen LogP contribution < -0.4 is 5.56 Å². The topological polar surface area (TPSA) is 89.6 Å². The van der Waals surface area contributed by atoms with E-state index in [1.165, 1.54) is 13.8 Å². The summed E-state index contributed by atoms with van der Waals surface area (Å²) in [5.41, 5.74) is -1.39. The fraction of sp³-hybridized carbons (Fsp3) is 0.333. The molecule has 0 radical (unpaired) electrons. The van der Waals surface area contributed by atoms with E-state index < -0.39 is 17.3 Å². The Morgan fingerprint density at radius 1 is 1.24 bits per heavy atom. The average molecular weight is 354 g/mol. The highest BCUT2D eigenvalue weighted by atomic mass is 19.4. The molecule has 0 spiro atoms. The smallest absolute Gasteiger partial charge is 0.417 e. The van der Waals surface area contributed by atoms with Crippen LogP contribution in [0.4, 0.5) is 13.2 Å². The minimum Gasteiger partial charge on any atom is -0.423 e. The minimum absolute atomic E-state index is 0.0374. The van der Waals surface area contributed by atoms with Gasteiger partial charge in [0.15, 0.2) is 0 Å². The highest BCUT2D eigenvalue weighted by Gasteiger charge is 2.37. The van der Waals surface area contributed by atoms with E-state index in [-0.39, 0.29) is 51.7 Å². The number of benzene rings is 1. The zero-order valence-corrected chi connectivity index (χ0v) is 13.3. The Bertz CT molecular complexity index is 935. The molecule has 1 aliphatic heterocycles. The first-order valence-corrected chi connectivity index (χ1v) is 7.27. The van der Waals surface area contributed by atoms with Crippen molar-refractivity contribution in [2.24, 2.45) is 5.16 Å². The van der Waals surface area contributed by atoms with Gasteiger partial charge in [0, 0.05) is 17.5 Å². The van der Waals surface area contributed by atoms with Crippen LogP contribution >= 0.6 is 0 Å². The summed E-state index contributed by atoms with van der Waals surface area (Å²) in [5.74, 6) is -0.248. The number of rotatable bonds is 2. The quantitative estimate of drug-likeness (QED) is 0.836. The standard InChI is InChI=1S/C15H13F3N4O3/c1-7-9(13-20-19-8(2)14(23)22(13)24)3-4-10(15(16,17)18)12(7)11-5-6-25-21-11/h3-4,24H,5-6H2,1-2H3. The van der Waals surface area contributed by atoms with E-state index in [1.54, 1.807) is 0 Å². The molecule has 0 atom stereocenters. The van der Waals surface area contributed by atoms with Crippen LogP contribution in [-0.2, 0) is 11.0 Å². The predicted molar refractivity (Wildman–Crippen MR) is 80.5 cm³/mol. The molecule has 3 rings (SSSR count). The molecule has 25 heavy (non-hydrogen) atoms. The van der Waals surface area contributed by atoms with Gasteiger partial charge in [-0.05, 0) is 25.5 Å². The molecule has 1 aromatic heterocycles. The van der Waals surface area contributed by atoms with E-state index in [2.05, 4.69) is 15.4 Å². The summed E-state index contributed by atoms with van der Waals surface area (Å²) < 4.78 is 40.4. The van der Waals surface area contributed by atoms with Gasteiger partial charge in [-0.2, -0.15) is 13.2 Å². The maximum atomic E-state index is 13.4. The van der Waals surface area contributed by atoms with Crippen LogP contribution in [-0.4, -0.2) is 32.5 Å². The summed E-state index contributed by atoms with van der Waals surface area (Å²) in [6, 6.07) is 2.01. The van der Waals surface area contributed by atoms with Crippen LogP contribution in [0.1, 0.15) is 28.8 Å². The first-order valence-electron chi connectivity index (χ1n) is 7.27. The predicted octanol–water partition coefficient (Wildman–Crippen LogP) is 2.30. The van der Waals surface area contributed by atoms with Crippen LogP contribution in [0.2, 0.25) is 0 Å². The van der Waals surface area contributed by atoms with E-state index >= 15 is 0 Å². The van der Waals surface area contributed by atoms with Gasteiger partial charge in [0.25, 0.3) is 0 Å². The van der Waals surface area contributed by atoms with E-state index in [0.717, 1.165) is 12.1 Å². The van der Waals surface area contributed by atoms with E-state index in [9.17, 15) is 23.2 Å². The molecule has 0 unspecified atom stereocenters. The van der Waals surface area contributed by atoms with Gasteiger partial charge in [-0.1, -0.05) is 11.2 Å². The monoisotopic (exact) mass is 354 g/mol. The maximum Gasteiger partial charge on any atom is 0.417 e. The zero-order valence-electron chi connectivity index (χ0n) is 13.3. The minimum atomic E-state index is -4.60. The summed E-state index contributed by atoms with van der Waals surface area (Å²) >= 11 is 0. The number of alkyl halides is 3. The Morgan fingerprint density at radius 3 is 2.56 bits per heavy atom. The third-order valence-corrected chi connectivity index (χ3v) is 3.90. The van der Waals surface area contributed by atoms with E-state index in [4.69, 9.17) is 4.84 Å². The highest BCUT2D eigenvalue weighted by molar-refractivity contribution is 6.04. The van der Waals surface area contributed by atoms with Gasteiger partial charge in [0.1, 0.15) is 12.3 Å². The molecule has 1 N–H and O–H groups in total. The fourth-order valence-electron chi connectivity index (χ4n) is 2.67.